The number of hydrogen-bond donors (Lipinski definition) is 1. The quantitative estimate of drug-likeness (QED) is 0.481. The summed E-state index contributed by atoms with van der Waals surface area (Å²) in [5.74, 6) is -2.88. The molecule has 1 aliphatic carbocycles. The van der Waals surface area contributed by atoms with Crippen molar-refractivity contribution in [3.63, 3.8) is 0 Å². The standard InChI is InChI=1S/C20H22N2O4/c1-26-20(25)15-10-7-14(8-11-15)9-12-18(23)17(13-21)19(24)22-16-5-3-2-4-6-16/h7-12,16-17H,2-6H2,1H3,(H,22,24)/b12-9+. The van der Waals surface area contributed by atoms with E-state index in [0.29, 0.717) is 11.1 Å². The SMILES string of the molecule is COC(=O)c1ccc(/C=C/C(=O)C(C#N)C(=O)NC2CCCCC2)cc1. The predicted molar refractivity (Wildman–Crippen MR) is 95.9 cm³/mol. The van der Waals surface area contributed by atoms with Crippen LogP contribution in [0.25, 0.3) is 6.08 Å². The van der Waals surface area contributed by atoms with Gasteiger partial charge in [-0.2, -0.15) is 5.26 Å². The van der Waals surface area contributed by atoms with Crippen LogP contribution >= 0.6 is 0 Å². The molecular formula is C20H22N2O4. The van der Waals surface area contributed by atoms with Crippen molar-refractivity contribution in [2.75, 3.05) is 7.11 Å². The van der Waals surface area contributed by atoms with Gasteiger partial charge in [0.2, 0.25) is 5.91 Å². The molecule has 0 heterocycles. The lowest BCUT2D eigenvalue weighted by molar-refractivity contribution is -0.130. The van der Waals surface area contributed by atoms with Gasteiger partial charge < -0.3 is 10.1 Å². The molecule has 1 aliphatic rings. The van der Waals surface area contributed by atoms with E-state index >= 15 is 0 Å². The zero-order valence-electron chi connectivity index (χ0n) is 14.7. The van der Waals surface area contributed by atoms with Crippen molar-refractivity contribution in [3.8, 4) is 6.07 Å². The number of nitrogens with zero attached hydrogens (tertiary/aromatic N) is 1. The molecule has 0 spiro atoms. The second-order valence-corrected chi connectivity index (χ2v) is 6.25. The summed E-state index contributed by atoms with van der Waals surface area (Å²) in [6.07, 6.45) is 7.78. The minimum Gasteiger partial charge on any atom is -0.465 e. The number of carbonyl (C=O) groups excluding carboxylic acids is 3. The zero-order chi connectivity index (χ0) is 18.9. The third kappa shape index (κ3) is 5.28. The van der Waals surface area contributed by atoms with Crippen LogP contribution in [0, 0.1) is 17.2 Å². The van der Waals surface area contributed by atoms with Crippen molar-refractivity contribution in [1.29, 1.82) is 5.26 Å². The maximum absolute atomic E-state index is 12.2. The molecule has 2 rings (SSSR count). The number of ketones is 1. The molecule has 6 nitrogen and oxygen atoms in total. The van der Waals surface area contributed by atoms with Gasteiger partial charge in [0.1, 0.15) is 0 Å². The third-order valence-electron chi connectivity index (χ3n) is 4.40. The Balaban J connectivity index is 1.97. The Morgan fingerprint density at radius 1 is 1.19 bits per heavy atom. The number of nitrogens with one attached hydrogen (secondary N) is 1. The van der Waals surface area contributed by atoms with Gasteiger partial charge in [0.25, 0.3) is 0 Å². The topological polar surface area (TPSA) is 96.3 Å². The van der Waals surface area contributed by atoms with Gasteiger partial charge in [-0.05, 0) is 36.6 Å². The van der Waals surface area contributed by atoms with Gasteiger partial charge in [-0.25, -0.2) is 4.79 Å². The van der Waals surface area contributed by atoms with Gasteiger partial charge in [0, 0.05) is 6.04 Å². The second kappa shape index (κ2) is 9.52. The van der Waals surface area contributed by atoms with Crippen molar-refractivity contribution in [3.05, 3.63) is 41.5 Å². The summed E-state index contributed by atoms with van der Waals surface area (Å²) in [6.45, 7) is 0. The maximum Gasteiger partial charge on any atom is 0.337 e. The average molecular weight is 354 g/mol. The number of rotatable bonds is 6. The van der Waals surface area contributed by atoms with E-state index in [1.165, 1.54) is 19.3 Å². The van der Waals surface area contributed by atoms with Crippen LogP contribution in [0.4, 0.5) is 0 Å². The van der Waals surface area contributed by atoms with Gasteiger partial charge in [-0.15, -0.1) is 0 Å². The second-order valence-electron chi connectivity index (χ2n) is 6.25. The Kier molecular flexibility index (Phi) is 7.10. The summed E-state index contributed by atoms with van der Waals surface area (Å²) in [5.41, 5.74) is 1.08. The highest BCUT2D eigenvalue weighted by Crippen LogP contribution is 2.18. The molecule has 136 valence electrons. The van der Waals surface area contributed by atoms with Crippen molar-refractivity contribution >= 4 is 23.7 Å². The molecule has 0 aromatic heterocycles. The lowest BCUT2D eigenvalue weighted by Crippen LogP contribution is -2.41. The number of benzene rings is 1. The third-order valence-corrected chi connectivity index (χ3v) is 4.40. The Morgan fingerprint density at radius 3 is 2.42 bits per heavy atom. The molecule has 1 saturated carbocycles. The summed E-state index contributed by atoms with van der Waals surface area (Å²) in [4.78, 5) is 35.8. The highest BCUT2D eigenvalue weighted by atomic mass is 16.5. The van der Waals surface area contributed by atoms with Crippen LogP contribution in [0.5, 0.6) is 0 Å². The minimum absolute atomic E-state index is 0.0507. The van der Waals surface area contributed by atoms with Crippen LogP contribution in [0.1, 0.15) is 48.0 Å². The Labute approximate surface area is 152 Å². The number of allylic oxidation sites excluding steroid dienone is 1. The normalized spacial score (nSPS) is 15.8. The fourth-order valence-electron chi connectivity index (χ4n) is 2.91. The Morgan fingerprint density at radius 2 is 1.85 bits per heavy atom. The van der Waals surface area contributed by atoms with Gasteiger partial charge in [-0.1, -0.05) is 37.5 Å². The molecule has 0 bridgehead atoms. The van der Waals surface area contributed by atoms with E-state index in [0.717, 1.165) is 32.1 Å². The number of nitriles is 1. The number of methoxy groups -OCH3 is 1. The highest BCUT2D eigenvalue weighted by molar-refractivity contribution is 6.10. The lowest BCUT2D eigenvalue weighted by atomic mass is 9.94. The molecule has 26 heavy (non-hydrogen) atoms. The first kappa shape index (κ1) is 19.4. The summed E-state index contributed by atoms with van der Waals surface area (Å²) >= 11 is 0. The summed E-state index contributed by atoms with van der Waals surface area (Å²) in [5, 5.41) is 12.0. The number of esters is 1. The smallest absolute Gasteiger partial charge is 0.337 e. The molecule has 0 radical (unpaired) electrons. The van der Waals surface area contributed by atoms with E-state index in [4.69, 9.17) is 0 Å². The molecule has 6 heteroatoms. The van der Waals surface area contributed by atoms with E-state index in [9.17, 15) is 19.6 Å². The molecule has 1 aromatic rings. The molecule has 1 atom stereocenters. The Bertz CT molecular complexity index is 725. The fourth-order valence-corrected chi connectivity index (χ4v) is 2.91. The van der Waals surface area contributed by atoms with Crippen LogP contribution in [0.3, 0.4) is 0 Å². The molecule has 0 aliphatic heterocycles. The number of hydrogen-bond acceptors (Lipinski definition) is 5. The fraction of sp³-hybridized carbons (Fsp3) is 0.400. The van der Waals surface area contributed by atoms with Crippen molar-refractivity contribution in [1.82, 2.24) is 5.32 Å². The summed E-state index contributed by atoms with van der Waals surface area (Å²) < 4.78 is 4.62. The molecule has 1 N–H and O–H groups in total. The summed E-state index contributed by atoms with van der Waals surface area (Å²) in [7, 11) is 1.30. The first-order valence-corrected chi connectivity index (χ1v) is 8.65. The van der Waals surface area contributed by atoms with Gasteiger partial charge in [0.05, 0.1) is 18.7 Å². The molecule has 0 saturated heterocycles. The van der Waals surface area contributed by atoms with Crippen LogP contribution in [0.2, 0.25) is 0 Å². The monoisotopic (exact) mass is 354 g/mol. The Hall–Kier alpha value is -2.94. The zero-order valence-corrected chi connectivity index (χ0v) is 14.7. The lowest BCUT2D eigenvalue weighted by Gasteiger charge is -2.23. The molecule has 1 unspecified atom stereocenters. The van der Waals surface area contributed by atoms with E-state index in [1.807, 2.05) is 0 Å². The number of ether oxygens (including phenoxy) is 1. The van der Waals surface area contributed by atoms with Crippen molar-refractivity contribution in [2.45, 2.75) is 38.1 Å². The largest absolute Gasteiger partial charge is 0.465 e. The highest BCUT2D eigenvalue weighted by Gasteiger charge is 2.27. The molecule has 1 amide bonds. The van der Waals surface area contributed by atoms with Crippen molar-refractivity contribution < 1.29 is 19.1 Å². The van der Waals surface area contributed by atoms with Gasteiger partial charge >= 0.3 is 5.97 Å². The van der Waals surface area contributed by atoms with E-state index in [-0.39, 0.29) is 6.04 Å². The molecule has 1 aromatic carbocycles. The number of carbonyl (C=O) groups is 3. The van der Waals surface area contributed by atoms with E-state index in [1.54, 1.807) is 30.3 Å². The van der Waals surface area contributed by atoms with Crippen LogP contribution in [0.15, 0.2) is 30.3 Å². The van der Waals surface area contributed by atoms with Gasteiger partial charge in [0.15, 0.2) is 11.7 Å². The van der Waals surface area contributed by atoms with E-state index < -0.39 is 23.6 Å². The van der Waals surface area contributed by atoms with Crippen molar-refractivity contribution in [2.24, 2.45) is 5.92 Å². The first-order chi connectivity index (χ1) is 12.5. The predicted octanol–water partition coefficient (Wildman–Crippen LogP) is 2.64. The molecule has 1 fully saturated rings. The molecular weight excluding hydrogens is 332 g/mol. The van der Waals surface area contributed by atoms with E-state index in [2.05, 4.69) is 10.1 Å². The first-order valence-electron chi connectivity index (χ1n) is 8.65. The van der Waals surface area contributed by atoms with Crippen LogP contribution in [-0.2, 0) is 14.3 Å². The van der Waals surface area contributed by atoms with Gasteiger partial charge in [-0.3, -0.25) is 9.59 Å². The summed E-state index contributed by atoms with van der Waals surface area (Å²) in [6, 6.07) is 8.29. The average Bonchev–Trinajstić information content (AvgIpc) is 2.67. The number of amides is 1. The maximum atomic E-state index is 12.2. The van der Waals surface area contributed by atoms with Crippen LogP contribution in [-0.4, -0.2) is 30.8 Å². The van der Waals surface area contributed by atoms with Crippen LogP contribution < -0.4 is 5.32 Å². The minimum atomic E-state index is -1.34.